The van der Waals surface area contributed by atoms with E-state index >= 15 is 0 Å². The number of H-pyrrole nitrogens is 1. The molecule has 4 N–H and O–H groups in total. The van der Waals surface area contributed by atoms with Gasteiger partial charge in [0.2, 0.25) is 5.91 Å². The summed E-state index contributed by atoms with van der Waals surface area (Å²) in [6.45, 7) is 2.03. The lowest BCUT2D eigenvalue weighted by atomic mass is 9.75. The molecule has 0 spiro atoms. The van der Waals surface area contributed by atoms with E-state index in [2.05, 4.69) is 15.5 Å². The fourth-order valence-corrected chi connectivity index (χ4v) is 3.52. The predicted octanol–water partition coefficient (Wildman–Crippen LogP) is 2.66. The molecule has 23 heavy (non-hydrogen) atoms. The summed E-state index contributed by atoms with van der Waals surface area (Å²) >= 11 is 0. The summed E-state index contributed by atoms with van der Waals surface area (Å²) in [7, 11) is 0. The molecule has 1 aromatic heterocycles. The SMILES string of the molecule is CC1(C(=O)Nc2cc(C3CC(OC(N)=O)C3)[nH]n2)CCCCC1. The molecule has 2 amide bonds. The predicted molar refractivity (Wildman–Crippen MR) is 84.8 cm³/mol. The van der Waals surface area contributed by atoms with E-state index in [-0.39, 0.29) is 23.3 Å². The van der Waals surface area contributed by atoms with Crippen molar-refractivity contribution in [2.75, 3.05) is 5.32 Å². The van der Waals surface area contributed by atoms with Crippen LogP contribution >= 0.6 is 0 Å². The molecule has 7 nitrogen and oxygen atoms in total. The van der Waals surface area contributed by atoms with Gasteiger partial charge in [-0.25, -0.2) is 4.79 Å². The van der Waals surface area contributed by atoms with Crippen LogP contribution in [0.2, 0.25) is 0 Å². The van der Waals surface area contributed by atoms with E-state index in [0.717, 1.165) is 44.2 Å². The maximum absolute atomic E-state index is 12.5. The standard InChI is InChI=1S/C16H24N4O3/c1-16(5-3-2-4-6-16)14(21)18-13-9-12(19-20-13)10-7-11(8-10)23-15(17)22/h9-11H,2-8H2,1H3,(H2,17,22)(H2,18,19,20,21). The Kier molecular flexibility index (Phi) is 4.28. The maximum atomic E-state index is 12.5. The first kappa shape index (κ1) is 15.8. The molecule has 3 rings (SSSR count). The van der Waals surface area contributed by atoms with Gasteiger partial charge in [0.05, 0.1) is 0 Å². The van der Waals surface area contributed by atoms with Crippen molar-refractivity contribution in [1.29, 1.82) is 0 Å². The van der Waals surface area contributed by atoms with Crippen LogP contribution in [0.4, 0.5) is 10.6 Å². The molecule has 0 radical (unpaired) electrons. The van der Waals surface area contributed by atoms with Gasteiger partial charge in [-0.1, -0.05) is 26.2 Å². The monoisotopic (exact) mass is 320 g/mol. The summed E-state index contributed by atoms with van der Waals surface area (Å²) < 4.78 is 4.94. The van der Waals surface area contributed by atoms with Gasteiger partial charge in [-0.15, -0.1) is 0 Å². The number of nitrogens with zero attached hydrogens (tertiary/aromatic N) is 1. The van der Waals surface area contributed by atoms with Crippen molar-refractivity contribution < 1.29 is 14.3 Å². The van der Waals surface area contributed by atoms with Crippen molar-refractivity contribution in [3.05, 3.63) is 11.8 Å². The second-order valence-corrected chi connectivity index (χ2v) is 7.01. The van der Waals surface area contributed by atoms with Crippen LogP contribution in [0.25, 0.3) is 0 Å². The number of carbonyl (C=O) groups is 2. The molecule has 2 aliphatic carbocycles. The molecule has 0 bridgehead atoms. The second-order valence-electron chi connectivity index (χ2n) is 7.01. The number of hydrogen-bond donors (Lipinski definition) is 3. The van der Waals surface area contributed by atoms with Crippen molar-refractivity contribution in [2.45, 2.75) is 63.9 Å². The summed E-state index contributed by atoms with van der Waals surface area (Å²) in [6, 6.07) is 1.87. The smallest absolute Gasteiger partial charge is 0.404 e. The summed E-state index contributed by atoms with van der Waals surface area (Å²) in [5.74, 6) is 0.887. The molecule has 2 saturated carbocycles. The average molecular weight is 320 g/mol. The molecule has 0 saturated heterocycles. The zero-order valence-corrected chi connectivity index (χ0v) is 13.4. The normalized spacial score (nSPS) is 26.1. The highest BCUT2D eigenvalue weighted by Crippen LogP contribution is 2.39. The summed E-state index contributed by atoms with van der Waals surface area (Å²) in [6.07, 6.45) is 5.93. The quantitative estimate of drug-likeness (QED) is 0.792. The Morgan fingerprint density at radius 2 is 2.04 bits per heavy atom. The molecule has 2 fully saturated rings. The Hall–Kier alpha value is -2.05. The van der Waals surface area contributed by atoms with Gasteiger partial charge in [0.25, 0.3) is 0 Å². The molecule has 126 valence electrons. The Morgan fingerprint density at radius 3 is 2.70 bits per heavy atom. The fraction of sp³-hybridized carbons (Fsp3) is 0.688. The van der Waals surface area contributed by atoms with Crippen LogP contribution in [0.15, 0.2) is 6.07 Å². The van der Waals surface area contributed by atoms with Gasteiger partial charge >= 0.3 is 6.09 Å². The number of hydrogen-bond acceptors (Lipinski definition) is 4. The van der Waals surface area contributed by atoms with Crippen molar-refractivity contribution in [3.63, 3.8) is 0 Å². The molecular weight excluding hydrogens is 296 g/mol. The first-order valence-corrected chi connectivity index (χ1v) is 8.29. The highest BCUT2D eigenvalue weighted by atomic mass is 16.6. The van der Waals surface area contributed by atoms with Gasteiger partial charge in [-0.05, 0) is 25.7 Å². The number of carbonyl (C=O) groups excluding carboxylic acids is 2. The highest BCUT2D eigenvalue weighted by molar-refractivity contribution is 5.94. The molecule has 0 aromatic carbocycles. The summed E-state index contributed by atoms with van der Waals surface area (Å²) in [5.41, 5.74) is 5.67. The van der Waals surface area contributed by atoms with Gasteiger partial charge < -0.3 is 15.8 Å². The van der Waals surface area contributed by atoms with Crippen LogP contribution in [-0.4, -0.2) is 28.3 Å². The van der Waals surface area contributed by atoms with E-state index in [1.165, 1.54) is 6.42 Å². The molecule has 0 atom stereocenters. The van der Waals surface area contributed by atoms with Crippen LogP contribution in [0.1, 0.15) is 63.5 Å². The molecular formula is C16H24N4O3. The third-order valence-electron chi connectivity index (χ3n) is 5.16. The molecule has 7 heteroatoms. The van der Waals surface area contributed by atoms with E-state index in [1.54, 1.807) is 0 Å². The summed E-state index contributed by atoms with van der Waals surface area (Å²) in [5, 5.41) is 10.1. The number of amides is 2. The van der Waals surface area contributed by atoms with Gasteiger partial charge in [-0.2, -0.15) is 5.10 Å². The van der Waals surface area contributed by atoms with Crippen molar-refractivity contribution in [1.82, 2.24) is 10.2 Å². The van der Waals surface area contributed by atoms with Gasteiger partial charge in [0.15, 0.2) is 5.82 Å². The Morgan fingerprint density at radius 1 is 1.35 bits per heavy atom. The van der Waals surface area contributed by atoms with E-state index in [0.29, 0.717) is 5.82 Å². The number of aromatic amines is 1. The molecule has 0 aliphatic heterocycles. The summed E-state index contributed by atoms with van der Waals surface area (Å²) in [4.78, 5) is 23.2. The fourth-order valence-electron chi connectivity index (χ4n) is 3.52. The minimum absolute atomic E-state index is 0.0544. The number of nitrogens with one attached hydrogen (secondary N) is 2. The molecule has 1 aromatic rings. The number of nitrogens with two attached hydrogens (primary N) is 1. The minimum atomic E-state index is -0.730. The first-order valence-electron chi connectivity index (χ1n) is 8.29. The van der Waals surface area contributed by atoms with E-state index < -0.39 is 6.09 Å². The third kappa shape index (κ3) is 3.48. The average Bonchev–Trinajstić information content (AvgIpc) is 2.91. The van der Waals surface area contributed by atoms with Crippen LogP contribution in [-0.2, 0) is 9.53 Å². The Labute approximate surface area is 135 Å². The maximum Gasteiger partial charge on any atom is 0.404 e. The number of aromatic nitrogens is 2. The molecule has 2 aliphatic rings. The largest absolute Gasteiger partial charge is 0.446 e. The Bertz CT molecular complexity index is 586. The number of ether oxygens (including phenoxy) is 1. The lowest BCUT2D eigenvalue weighted by Gasteiger charge is -2.33. The minimum Gasteiger partial charge on any atom is -0.446 e. The number of rotatable bonds is 4. The second kappa shape index (κ2) is 6.22. The van der Waals surface area contributed by atoms with Crippen LogP contribution in [0.5, 0.6) is 0 Å². The molecule has 1 heterocycles. The number of anilines is 1. The van der Waals surface area contributed by atoms with Crippen LogP contribution < -0.4 is 11.1 Å². The van der Waals surface area contributed by atoms with E-state index in [9.17, 15) is 9.59 Å². The van der Waals surface area contributed by atoms with Gasteiger partial charge in [0, 0.05) is 23.1 Å². The van der Waals surface area contributed by atoms with Gasteiger partial charge in [-0.3, -0.25) is 9.89 Å². The van der Waals surface area contributed by atoms with Crippen LogP contribution in [0, 0.1) is 5.41 Å². The number of primary amides is 1. The van der Waals surface area contributed by atoms with Crippen LogP contribution in [0.3, 0.4) is 0 Å². The molecule has 0 unspecified atom stereocenters. The Balaban J connectivity index is 1.54. The topological polar surface area (TPSA) is 110 Å². The zero-order chi connectivity index (χ0) is 16.4. The van der Waals surface area contributed by atoms with Gasteiger partial charge in [0.1, 0.15) is 6.10 Å². The van der Waals surface area contributed by atoms with Crippen molar-refractivity contribution in [3.8, 4) is 0 Å². The lowest BCUT2D eigenvalue weighted by molar-refractivity contribution is -0.126. The van der Waals surface area contributed by atoms with Crippen molar-refractivity contribution in [2.24, 2.45) is 11.1 Å². The zero-order valence-electron chi connectivity index (χ0n) is 13.4. The first-order chi connectivity index (χ1) is 11.0. The van der Waals surface area contributed by atoms with E-state index in [4.69, 9.17) is 10.5 Å². The van der Waals surface area contributed by atoms with Crippen molar-refractivity contribution >= 4 is 17.8 Å². The van der Waals surface area contributed by atoms with E-state index in [1.807, 2.05) is 13.0 Å². The lowest BCUT2D eigenvalue weighted by Crippen LogP contribution is -2.35. The third-order valence-corrected chi connectivity index (χ3v) is 5.16. The highest BCUT2D eigenvalue weighted by Gasteiger charge is 2.36.